The Morgan fingerprint density at radius 2 is 2.06 bits per heavy atom. The van der Waals surface area contributed by atoms with E-state index in [-0.39, 0.29) is 12.6 Å². The van der Waals surface area contributed by atoms with Gasteiger partial charge in [-0.3, -0.25) is 0 Å². The molecule has 1 unspecified atom stereocenters. The molecular formula is C23H24FN3O4. The first kappa shape index (κ1) is 20.8. The number of carbonyl (C=O) groups is 2. The van der Waals surface area contributed by atoms with Crippen LogP contribution in [-0.4, -0.2) is 32.8 Å². The lowest BCUT2D eigenvalue weighted by atomic mass is 9.92. The number of ether oxygens (including phenoxy) is 1. The summed E-state index contributed by atoms with van der Waals surface area (Å²) in [4.78, 5) is 28.2. The Hall–Kier alpha value is -3.42. The van der Waals surface area contributed by atoms with Gasteiger partial charge in [-0.15, -0.1) is 0 Å². The van der Waals surface area contributed by atoms with Crippen molar-refractivity contribution in [3.8, 4) is 0 Å². The summed E-state index contributed by atoms with van der Waals surface area (Å²) >= 11 is 0. The number of alkyl carbamates (subject to hydrolysis) is 1. The number of nitrogens with one attached hydrogen (secondary N) is 1. The molecule has 2 N–H and O–H groups in total. The van der Waals surface area contributed by atoms with Crippen LogP contribution in [0.4, 0.5) is 9.18 Å². The van der Waals surface area contributed by atoms with E-state index < -0.39 is 24.1 Å². The van der Waals surface area contributed by atoms with Crippen molar-refractivity contribution in [2.45, 2.75) is 51.3 Å². The highest BCUT2D eigenvalue weighted by molar-refractivity contribution is 5.85. The minimum atomic E-state index is -0.934. The number of rotatable bonds is 6. The normalized spacial score (nSPS) is 16.5. The molecule has 8 heteroatoms. The number of pyridine rings is 1. The molecule has 1 aliphatic rings. The van der Waals surface area contributed by atoms with E-state index in [9.17, 15) is 19.1 Å². The molecule has 7 nitrogen and oxygen atoms in total. The zero-order chi connectivity index (χ0) is 22.0. The van der Waals surface area contributed by atoms with Crippen LogP contribution in [0.2, 0.25) is 0 Å². The number of halogens is 1. The third-order valence-corrected chi connectivity index (χ3v) is 5.72. The molecule has 162 valence electrons. The summed E-state index contributed by atoms with van der Waals surface area (Å²) in [6.45, 7) is 1.98. The molecule has 1 aromatic carbocycles. The molecular weight excluding hydrogens is 401 g/mol. The van der Waals surface area contributed by atoms with Crippen LogP contribution in [0.5, 0.6) is 0 Å². The summed E-state index contributed by atoms with van der Waals surface area (Å²) in [5.41, 5.74) is 3.59. The SMILES string of the molecule is CC[C@@H](C(=O)O)n1c2c(c3nc(F)ccc31)CC(NC(=O)OCc1ccccc1)CC2. The fourth-order valence-corrected chi connectivity index (χ4v) is 4.30. The Bertz CT molecular complexity index is 1110. The number of carboxylic acid groups (broad SMARTS) is 1. The average molecular weight is 425 g/mol. The predicted molar refractivity (Wildman–Crippen MR) is 112 cm³/mol. The maximum absolute atomic E-state index is 13.9. The van der Waals surface area contributed by atoms with E-state index in [1.807, 2.05) is 37.3 Å². The summed E-state index contributed by atoms with van der Waals surface area (Å²) < 4.78 is 21.0. The third kappa shape index (κ3) is 4.23. The van der Waals surface area contributed by atoms with E-state index in [4.69, 9.17) is 4.74 Å². The van der Waals surface area contributed by atoms with Crippen molar-refractivity contribution in [1.29, 1.82) is 0 Å². The Morgan fingerprint density at radius 3 is 2.77 bits per heavy atom. The third-order valence-electron chi connectivity index (χ3n) is 5.72. The summed E-state index contributed by atoms with van der Waals surface area (Å²) in [6, 6.07) is 11.3. The number of aliphatic carboxylic acids is 1. The Balaban J connectivity index is 1.56. The maximum Gasteiger partial charge on any atom is 0.407 e. The van der Waals surface area contributed by atoms with Gasteiger partial charge in [0.25, 0.3) is 0 Å². The molecule has 0 aliphatic heterocycles. The predicted octanol–water partition coefficient (Wildman–Crippen LogP) is 3.99. The molecule has 0 spiro atoms. The second-order valence-electron chi connectivity index (χ2n) is 7.71. The quantitative estimate of drug-likeness (QED) is 0.583. The summed E-state index contributed by atoms with van der Waals surface area (Å²) in [5, 5.41) is 12.6. The number of benzene rings is 1. The van der Waals surface area contributed by atoms with Crippen molar-refractivity contribution in [2.24, 2.45) is 0 Å². The average Bonchev–Trinajstić information content (AvgIpc) is 3.06. The van der Waals surface area contributed by atoms with Gasteiger partial charge in [-0.25, -0.2) is 14.6 Å². The second-order valence-corrected chi connectivity index (χ2v) is 7.71. The van der Waals surface area contributed by atoms with Crippen molar-refractivity contribution in [3.63, 3.8) is 0 Å². The standard InChI is InChI=1S/C23H24FN3O4/c1-2-17(22(28)29)27-18-9-8-15(12-16(18)21-19(27)10-11-20(24)26-21)25-23(30)31-13-14-6-4-3-5-7-14/h3-7,10-11,15,17H,2,8-9,12-13H2,1H3,(H,25,30)(H,28,29)/t15?,17-/m0/s1. The first-order valence-electron chi connectivity index (χ1n) is 10.4. The van der Waals surface area contributed by atoms with Crippen LogP contribution in [0.15, 0.2) is 42.5 Å². The lowest BCUT2D eigenvalue weighted by Crippen LogP contribution is -2.39. The van der Waals surface area contributed by atoms with Gasteiger partial charge in [-0.1, -0.05) is 37.3 Å². The van der Waals surface area contributed by atoms with Gasteiger partial charge in [0.1, 0.15) is 12.6 Å². The summed E-state index contributed by atoms with van der Waals surface area (Å²) in [6.07, 6.45) is 1.50. The first-order chi connectivity index (χ1) is 15.0. The van der Waals surface area contributed by atoms with Crippen molar-refractivity contribution >= 4 is 23.1 Å². The van der Waals surface area contributed by atoms with Crippen molar-refractivity contribution in [3.05, 3.63) is 65.2 Å². The number of nitrogens with zero attached hydrogens (tertiary/aromatic N) is 2. The van der Waals surface area contributed by atoms with E-state index in [0.717, 1.165) is 16.8 Å². The van der Waals surface area contributed by atoms with Gasteiger partial charge in [-0.05, 0) is 43.4 Å². The fraction of sp³-hybridized carbons (Fsp3) is 0.348. The maximum atomic E-state index is 13.9. The van der Waals surface area contributed by atoms with Gasteiger partial charge in [0.15, 0.2) is 0 Å². The molecule has 0 bridgehead atoms. The van der Waals surface area contributed by atoms with Gasteiger partial charge < -0.3 is 19.7 Å². The lowest BCUT2D eigenvalue weighted by Gasteiger charge is -2.26. The number of fused-ring (bicyclic) bond motifs is 3. The van der Waals surface area contributed by atoms with Crippen LogP contribution in [0.25, 0.3) is 11.0 Å². The number of hydrogen-bond acceptors (Lipinski definition) is 4. The van der Waals surface area contributed by atoms with Crippen molar-refractivity contribution in [1.82, 2.24) is 14.9 Å². The fourth-order valence-electron chi connectivity index (χ4n) is 4.30. The molecule has 3 aromatic rings. The van der Waals surface area contributed by atoms with E-state index in [1.54, 1.807) is 10.6 Å². The van der Waals surface area contributed by atoms with Gasteiger partial charge >= 0.3 is 12.1 Å². The highest BCUT2D eigenvalue weighted by Crippen LogP contribution is 2.35. The molecule has 4 rings (SSSR count). The zero-order valence-corrected chi connectivity index (χ0v) is 17.2. The lowest BCUT2D eigenvalue weighted by molar-refractivity contribution is -0.140. The molecule has 31 heavy (non-hydrogen) atoms. The Morgan fingerprint density at radius 1 is 1.29 bits per heavy atom. The van der Waals surface area contributed by atoms with Crippen LogP contribution in [0.3, 0.4) is 0 Å². The van der Waals surface area contributed by atoms with Crippen molar-refractivity contribution in [2.75, 3.05) is 0 Å². The van der Waals surface area contributed by atoms with E-state index in [1.165, 1.54) is 6.07 Å². The molecule has 1 aliphatic carbocycles. The molecule has 2 heterocycles. The smallest absolute Gasteiger partial charge is 0.407 e. The van der Waals surface area contributed by atoms with Crippen LogP contribution in [0, 0.1) is 5.95 Å². The number of amides is 1. The van der Waals surface area contributed by atoms with Gasteiger partial charge in [0.05, 0.1) is 11.0 Å². The van der Waals surface area contributed by atoms with Crippen molar-refractivity contribution < 1.29 is 23.8 Å². The number of hydrogen-bond donors (Lipinski definition) is 2. The molecule has 0 saturated carbocycles. The van der Waals surface area contributed by atoms with Crippen LogP contribution >= 0.6 is 0 Å². The Kier molecular flexibility index (Phi) is 5.88. The molecule has 0 saturated heterocycles. The van der Waals surface area contributed by atoms with Gasteiger partial charge in [0.2, 0.25) is 5.95 Å². The summed E-state index contributed by atoms with van der Waals surface area (Å²) in [5.74, 6) is -1.55. The molecule has 1 amide bonds. The molecule has 0 radical (unpaired) electrons. The Labute approximate surface area is 178 Å². The second kappa shape index (κ2) is 8.75. The van der Waals surface area contributed by atoms with E-state index in [2.05, 4.69) is 10.3 Å². The molecule has 2 aromatic heterocycles. The number of carboxylic acids is 1. The van der Waals surface area contributed by atoms with Crippen LogP contribution < -0.4 is 5.32 Å². The first-order valence-corrected chi connectivity index (χ1v) is 10.4. The van der Waals surface area contributed by atoms with Crippen LogP contribution in [-0.2, 0) is 29.0 Å². The molecule has 0 fully saturated rings. The van der Waals surface area contributed by atoms with Gasteiger partial charge in [0, 0.05) is 17.3 Å². The monoisotopic (exact) mass is 425 g/mol. The van der Waals surface area contributed by atoms with Crippen LogP contribution in [0.1, 0.15) is 42.6 Å². The topological polar surface area (TPSA) is 93.5 Å². The highest BCUT2D eigenvalue weighted by atomic mass is 19.1. The number of carbonyl (C=O) groups excluding carboxylic acids is 1. The largest absolute Gasteiger partial charge is 0.480 e. The molecule has 2 atom stereocenters. The van der Waals surface area contributed by atoms with E-state index in [0.29, 0.717) is 36.7 Å². The summed E-state index contributed by atoms with van der Waals surface area (Å²) in [7, 11) is 0. The highest BCUT2D eigenvalue weighted by Gasteiger charge is 2.31. The number of aromatic nitrogens is 2. The zero-order valence-electron chi connectivity index (χ0n) is 17.2. The van der Waals surface area contributed by atoms with Gasteiger partial charge in [-0.2, -0.15) is 4.39 Å². The minimum absolute atomic E-state index is 0.174. The minimum Gasteiger partial charge on any atom is -0.480 e. The van der Waals surface area contributed by atoms with E-state index >= 15 is 0 Å².